The average molecular weight is 644 g/mol. The minimum absolute atomic E-state index is 0.0113. The van der Waals surface area contributed by atoms with Crippen molar-refractivity contribution in [2.45, 2.75) is 95.3 Å². The van der Waals surface area contributed by atoms with Gasteiger partial charge in [-0.05, 0) is 89.2 Å². The number of sulfonamides is 1. The third-order valence-corrected chi connectivity index (χ3v) is 10.5. The molecule has 1 saturated carbocycles. The van der Waals surface area contributed by atoms with E-state index in [-0.39, 0.29) is 46.8 Å². The second-order valence-electron chi connectivity index (χ2n) is 13.2. The first kappa shape index (κ1) is 35.2. The average Bonchev–Trinajstić information content (AvgIpc) is 3.03. The topological polar surface area (TPSA) is 108 Å². The van der Waals surface area contributed by atoms with Crippen LogP contribution in [0.25, 0.3) is 0 Å². The third kappa shape index (κ3) is 10.2. The van der Waals surface area contributed by atoms with Gasteiger partial charge >= 0.3 is 0 Å². The van der Waals surface area contributed by atoms with Gasteiger partial charge in [0.15, 0.2) is 0 Å². The molecule has 9 nitrogen and oxygen atoms in total. The highest BCUT2D eigenvalue weighted by atomic mass is 32.2. The van der Waals surface area contributed by atoms with Gasteiger partial charge in [-0.15, -0.1) is 0 Å². The maximum absolute atomic E-state index is 14.3. The van der Waals surface area contributed by atoms with Gasteiger partial charge in [0, 0.05) is 37.8 Å². The highest BCUT2D eigenvalue weighted by Gasteiger charge is 2.31. The number of hydrogen-bond donors (Lipinski definition) is 2. The van der Waals surface area contributed by atoms with Crippen molar-refractivity contribution in [3.8, 4) is 5.75 Å². The van der Waals surface area contributed by atoms with E-state index in [9.17, 15) is 18.3 Å². The van der Waals surface area contributed by atoms with Gasteiger partial charge in [-0.25, -0.2) is 8.42 Å². The third-order valence-electron chi connectivity index (χ3n) is 9.14. The Hall–Kier alpha value is -2.66. The zero-order valence-corrected chi connectivity index (χ0v) is 28.3. The number of aliphatic hydroxyl groups excluding tert-OH is 1. The fourth-order valence-corrected chi connectivity index (χ4v) is 7.53. The molecule has 0 radical (unpaired) electrons. The second-order valence-corrected chi connectivity index (χ2v) is 14.8. The van der Waals surface area contributed by atoms with Gasteiger partial charge in [-0.2, -0.15) is 0 Å². The fraction of sp³-hybridized carbons (Fsp3) is 0.629. The maximum atomic E-state index is 14.3. The smallest absolute Gasteiger partial charge is 0.261 e. The Balaban J connectivity index is 1.62. The van der Waals surface area contributed by atoms with Crippen LogP contribution in [0.1, 0.15) is 82.5 Å². The van der Waals surface area contributed by atoms with Crippen LogP contribution in [0.15, 0.2) is 53.4 Å². The van der Waals surface area contributed by atoms with Crippen LogP contribution in [0, 0.1) is 11.8 Å². The lowest BCUT2D eigenvalue weighted by molar-refractivity contribution is -0.0190. The summed E-state index contributed by atoms with van der Waals surface area (Å²) in [6.07, 6.45) is 8.90. The van der Waals surface area contributed by atoms with E-state index in [1.165, 1.54) is 44.2 Å². The molecule has 4 atom stereocenters. The highest BCUT2D eigenvalue weighted by molar-refractivity contribution is 7.92. The van der Waals surface area contributed by atoms with E-state index >= 15 is 0 Å². The van der Waals surface area contributed by atoms with E-state index in [4.69, 9.17) is 9.47 Å². The molecular weight excluding hydrogens is 590 g/mol. The lowest BCUT2D eigenvalue weighted by Gasteiger charge is -2.36. The minimum Gasteiger partial charge on any atom is -0.490 e. The molecule has 1 aliphatic carbocycles. The lowest BCUT2D eigenvalue weighted by atomic mass is 9.89. The summed E-state index contributed by atoms with van der Waals surface area (Å²) in [4.78, 5) is 18.5. The molecular formula is C35H53N3O6S. The van der Waals surface area contributed by atoms with Crippen molar-refractivity contribution in [3.05, 3.63) is 54.1 Å². The van der Waals surface area contributed by atoms with E-state index in [0.29, 0.717) is 18.9 Å². The molecule has 0 spiro atoms. The summed E-state index contributed by atoms with van der Waals surface area (Å²) < 4.78 is 41.6. The molecule has 2 aliphatic rings. The predicted molar refractivity (Wildman–Crippen MR) is 178 cm³/mol. The molecule has 0 aromatic heterocycles. The molecule has 10 heteroatoms. The summed E-state index contributed by atoms with van der Waals surface area (Å²) in [5.74, 6) is 0.784. The first-order valence-electron chi connectivity index (χ1n) is 16.7. The van der Waals surface area contributed by atoms with Crippen LogP contribution in [0.3, 0.4) is 0 Å². The molecule has 45 heavy (non-hydrogen) atoms. The Morgan fingerprint density at radius 1 is 1.00 bits per heavy atom. The van der Waals surface area contributed by atoms with E-state index in [0.717, 1.165) is 38.3 Å². The maximum Gasteiger partial charge on any atom is 0.261 e. The second kappa shape index (κ2) is 16.8. The van der Waals surface area contributed by atoms with Crippen molar-refractivity contribution in [1.82, 2.24) is 9.80 Å². The largest absolute Gasteiger partial charge is 0.490 e. The molecule has 4 rings (SSSR count). The molecule has 2 aromatic rings. The summed E-state index contributed by atoms with van der Waals surface area (Å²) in [7, 11) is -1.70. The van der Waals surface area contributed by atoms with Gasteiger partial charge in [-0.1, -0.05) is 44.4 Å². The summed E-state index contributed by atoms with van der Waals surface area (Å²) in [6, 6.07) is 12.5. The summed E-state index contributed by atoms with van der Waals surface area (Å²) in [5, 5.41) is 10.2. The van der Waals surface area contributed by atoms with E-state index in [1.807, 2.05) is 13.8 Å². The first-order chi connectivity index (χ1) is 21.6. The van der Waals surface area contributed by atoms with Crippen molar-refractivity contribution in [1.29, 1.82) is 0 Å². The number of aliphatic hydroxyl groups is 1. The number of nitrogens with zero attached hydrogens (tertiary/aromatic N) is 2. The summed E-state index contributed by atoms with van der Waals surface area (Å²) in [5.41, 5.74) is 0.519. The Kier molecular flexibility index (Phi) is 13.1. The van der Waals surface area contributed by atoms with Crippen molar-refractivity contribution in [2.75, 3.05) is 44.6 Å². The monoisotopic (exact) mass is 643 g/mol. The number of amides is 1. The summed E-state index contributed by atoms with van der Waals surface area (Å²) >= 11 is 0. The van der Waals surface area contributed by atoms with Gasteiger partial charge in [-0.3, -0.25) is 9.52 Å². The molecule has 0 saturated heterocycles. The zero-order chi connectivity index (χ0) is 32.4. The van der Waals surface area contributed by atoms with Crippen molar-refractivity contribution in [3.63, 3.8) is 0 Å². The van der Waals surface area contributed by atoms with E-state index in [2.05, 4.69) is 23.6 Å². The van der Waals surface area contributed by atoms with E-state index in [1.54, 1.807) is 41.3 Å². The van der Waals surface area contributed by atoms with Gasteiger partial charge in [0.2, 0.25) is 0 Å². The van der Waals surface area contributed by atoms with Crippen LogP contribution < -0.4 is 9.46 Å². The molecule has 1 fully saturated rings. The number of likely N-dealkylation sites (N-methyl/N-ethyl adjacent to an activating group) is 1. The van der Waals surface area contributed by atoms with Gasteiger partial charge < -0.3 is 24.4 Å². The van der Waals surface area contributed by atoms with Crippen molar-refractivity contribution < 1.29 is 27.8 Å². The van der Waals surface area contributed by atoms with Gasteiger partial charge in [0.1, 0.15) is 5.75 Å². The molecule has 0 bridgehead atoms. The van der Waals surface area contributed by atoms with Gasteiger partial charge in [0.05, 0.1) is 35.3 Å². The number of benzene rings is 2. The van der Waals surface area contributed by atoms with Crippen LogP contribution >= 0.6 is 0 Å². The standard InChI is InChI=1S/C35H53N3O6S/c1-26-22-38(27(2)25-39)35(40)32-21-30(36-45(41,42)31-16-9-6-10-17-31)18-19-33(32)44-28(3)13-11-12-20-43-34(26)24-37(4)23-29-14-7-5-8-15-29/h6,9-10,16-19,21,26-29,34,36,39H,5,7-8,11-15,20,22-25H2,1-4H3/t26-,27+,28+,34-/m0/s1. The van der Waals surface area contributed by atoms with Crippen LogP contribution in [-0.2, 0) is 14.8 Å². The van der Waals surface area contributed by atoms with Crippen LogP contribution in [0.5, 0.6) is 5.75 Å². The lowest BCUT2D eigenvalue weighted by Crippen LogP contribution is -2.47. The molecule has 0 unspecified atom stereocenters. The number of nitrogens with one attached hydrogen (secondary N) is 1. The van der Waals surface area contributed by atoms with Crippen molar-refractivity contribution in [2.24, 2.45) is 11.8 Å². The quantitative estimate of drug-likeness (QED) is 0.356. The van der Waals surface area contributed by atoms with Crippen molar-refractivity contribution >= 4 is 21.6 Å². The zero-order valence-electron chi connectivity index (χ0n) is 27.5. The Morgan fingerprint density at radius 2 is 1.71 bits per heavy atom. The molecule has 2 aromatic carbocycles. The van der Waals surface area contributed by atoms with Gasteiger partial charge in [0.25, 0.3) is 15.9 Å². The fourth-order valence-electron chi connectivity index (χ4n) is 6.45. The molecule has 250 valence electrons. The number of fused-ring (bicyclic) bond motifs is 1. The van der Waals surface area contributed by atoms with E-state index < -0.39 is 16.1 Å². The molecule has 1 aliphatic heterocycles. The van der Waals surface area contributed by atoms with Crippen LogP contribution in [0.4, 0.5) is 5.69 Å². The molecule has 2 N–H and O–H groups in total. The Morgan fingerprint density at radius 3 is 2.42 bits per heavy atom. The summed E-state index contributed by atoms with van der Waals surface area (Å²) in [6.45, 7) is 8.54. The van der Waals surface area contributed by atoms with Crippen LogP contribution in [-0.4, -0.2) is 87.4 Å². The molecule has 1 heterocycles. The number of carbonyl (C=O) groups excluding carboxylic acids is 1. The number of hydrogen-bond acceptors (Lipinski definition) is 7. The SMILES string of the molecule is C[C@@H]1CCCCO[C@@H](CN(C)CC2CCCCC2)[C@@H](C)CN([C@H](C)CO)C(=O)c2cc(NS(=O)(=O)c3ccccc3)ccc2O1. The number of carbonyl (C=O) groups is 1. The van der Waals surface area contributed by atoms with Crippen LogP contribution in [0.2, 0.25) is 0 Å². The minimum atomic E-state index is -3.87. The number of anilines is 1. The Labute approximate surface area is 270 Å². The Bertz CT molecular complexity index is 1320. The first-order valence-corrected chi connectivity index (χ1v) is 18.2. The number of ether oxygens (including phenoxy) is 2. The highest BCUT2D eigenvalue weighted by Crippen LogP contribution is 2.30. The normalized spacial score (nSPS) is 23.6. The predicted octanol–water partition coefficient (Wildman–Crippen LogP) is 5.80. The number of rotatable bonds is 9. The molecule has 1 amide bonds.